The number of fused-ring (bicyclic) bond motifs is 1. The number of aliphatic carboxylic acids is 1. The zero-order valence-corrected chi connectivity index (χ0v) is 18.1. The number of carboxylic acids is 1. The van der Waals surface area contributed by atoms with E-state index in [0.717, 1.165) is 16.2 Å². The van der Waals surface area contributed by atoms with Gasteiger partial charge in [-0.15, -0.1) is 23.1 Å². The Labute approximate surface area is 192 Å². The number of halogens is 1. The molecule has 2 aliphatic heterocycles. The van der Waals surface area contributed by atoms with Crippen LogP contribution in [0.25, 0.3) is 6.08 Å². The standard InChI is InChI=1S/C17H13ClN6O6S2/c18-9-3-7(30-23-9)2-1-6-4-31-15-11(14(26)24(15)12(6)16(27)28)21-13(25)10(22-29)8-5-32-17(19)20-8/h1-3,5,11,15,29H,4H2,(H2,19,20)(H,21,25)(H,27,28)/b2-1-,22-10-/t11-,15-/m1/s1. The van der Waals surface area contributed by atoms with E-state index in [1.807, 2.05) is 0 Å². The number of hydrogen-bond donors (Lipinski definition) is 4. The summed E-state index contributed by atoms with van der Waals surface area (Å²) >= 11 is 8.01. The SMILES string of the molecule is Nc1nc(/C(=N/O)C(=O)N[C@@H]2C(=O)N3C(C(=O)O)=C(/C=C\c4cc(Cl)no4)CS[C@H]23)cs1. The lowest BCUT2D eigenvalue weighted by Gasteiger charge is -2.49. The van der Waals surface area contributed by atoms with Gasteiger partial charge in [-0.1, -0.05) is 28.0 Å². The van der Waals surface area contributed by atoms with Crippen molar-refractivity contribution in [3.05, 3.63) is 45.4 Å². The monoisotopic (exact) mass is 496 g/mol. The maximum absolute atomic E-state index is 12.7. The maximum Gasteiger partial charge on any atom is 0.352 e. The van der Waals surface area contributed by atoms with Crippen molar-refractivity contribution in [2.24, 2.45) is 5.16 Å². The highest BCUT2D eigenvalue weighted by Crippen LogP contribution is 2.40. The predicted molar refractivity (Wildman–Crippen MR) is 115 cm³/mol. The molecule has 0 aromatic carbocycles. The summed E-state index contributed by atoms with van der Waals surface area (Å²) in [4.78, 5) is 42.1. The van der Waals surface area contributed by atoms with Crippen LogP contribution in [-0.2, 0) is 14.4 Å². The number of allylic oxidation sites excluding steroid dienone is 1. The highest BCUT2D eigenvalue weighted by atomic mass is 35.5. The number of nitrogen functional groups attached to an aromatic ring is 1. The normalized spacial score (nSPS) is 21.0. The van der Waals surface area contributed by atoms with Gasteiger partial charge in [0.2, 0.25) is 0 Å². The molecule has 2 aromatic heterocycles. The van der Waals surface area contributed by atoms with Crippen molar-refractivity contribution in [1.29, 1.82) is 0 Å². The summed E-state index contributed by atoms with van der Waals surface area (Å²) in [7, 11) is 0. The third-order valence-corrected chi connectivity index (χ3v) is 6.67. The van der Waals surface area contributed by atoms with Gasteiger partial charge in [0.25, 0.3) is 11.8 Å². The van der Waals surface area contributed by atoms with Gasteiger partial charge in [-0.25, -0.2) is 9.78 Å². The van der Waals surface area contributed by atoms with Gasteiger partial charge in [0.05, 0.1) is 0 Å². The fraction of sp³-hybridized carbons (Fsp3) is 0.176. The molecule has 32 heavy (non-hydrogen) atoms. The van der Waals surface area contributed by atoms with Crippen LogP contribution in [0.4, 0.5) is 5.13 Å². The summed E-state index contributed by atoms with van der Waals surface area (Å²) in [6, 6.07) is 0.447. The summed E-state index contributed by atoms with van der Waals surface area (Å²) < 4.78 is 4.95. The van der Waals surface area contributed by atoms with Crippen molar-refractivity contribution >= 4 is 69.4 Å². The van der Waals surface area contributed by atoms with E-state index in [2.05, 4.69) is 20.6 Å². The number of carbonyl (C=O) groups excluding carboxylic acids is 2. The molecule has 2 amide bonds. The Kier molecular flexibility index (Phi) is 5.90. The summed E-state index contributed by atoms with van der Waals surface area (Å²) in [6.45, 7) is 0. The van der Waals surface area contributed by atoms with Gasteiger partial charge in [0.15, 0.2) is 21.8 Å². The van der Waals surface area contributed by atoms with Crippen LogP contribution in [0.5, 0.6) is 0 Å². The van der Waals surface area contributed by atoms with Crippen LogP contribution in [0, 0.1) is 0 Å². The number of carbonyl (C=O) groups is 3. The van der Waals surface area contributed by atoms with Gasteiger partial charge in [-0.3, -0.25) is 14.5 Å². The summed E-state index contributed by atoms with van der Waals surface area (Å²) in [5.41, 5.74) is 5.35. The van der Waals surface area contributed by atoms with Crippen molar-refractivity contribution in [1.82, 2.24) is 20.4 Å². The Balaban J connectivity index is 1.52. The van der Waals surface area contributed by atoms with Gasteiger partial charge < -0.3 is 25.9 Å². The first kappa shape index (κ1) is 21.9. The molecule has 2 atom stereocenters. The van der Waals surface area contributed by atoms with E-state index in [1.54, 1.807) is 0 Å². The molecule has 2 aromatic rings. The van der Waals surface area contributed by atoms with Crippen LogP contribution in [0.15, 0.2) is 38.5 Å². The van der Waals surface area contributed by atoms with Crippen LogP contribution < -0.4 is 11.1 Å². The molecule has 15 heteroatoms. The first-order chi connectivity index (χ1) is 15.3. The smallest absolute Gasteiger partial charge is 0.352 e. The fourth-order valence-electron chi connectivity index (χ4n) is 3.12. The highest BCUT2D eigenvalue weighted by molar-refractivity contribution is 8.00. The second kappa shape index (κ2) is 8.64. The van der Waals surface area contributed by atoms with Crippen LogP contribution in [0.2, 0.25) is 5.15 Å². The molecule has 0 spiro atoms. The average molecular weight is 497 g/mol. The number of carboxylic acid groups (broad SMARTS) is 1. The van der Waals surface area contributed by atoms with Crippen LogP contribution in [0.3, 0.4) is 0 Å². The van der Waals surface area contributed by atoms with E-state index in [-0.39, 0.29) is 27.4 Å². The van der Waals surface area contributed by atoms with E-state index in [4.69, 9.17) is 21.9 Å². The molecular weight excluding hydrogens is 484 g/mol. The maximum atomic E-state index is 12.7. The van der Waals surface area contributed by atoms with Gasteiger partial charge in [-0.2, -0.15) is 0 Å². The quantitative estimate of drug-likeness (QED) is 0.194. The Bertz CT molecular complexity index is 1200. The number of anilines is 1. The molecule has 4 heterocycles. The van der Waals surface area contributed by atoms with Crippen LogP contribution in [0.1, 0.15) is 11.5 Å². The zero-order chi connectivity index (χ0) is 23.0. The van der Waals surface area contributed by atoms with E-state index in [9.17, 15) is 24.7 Å². The van der Waals surface area contributed by atoms with Crippen molar-refractivity contribution in [2.45, 2.75) is 11.4 Å². The Hall–Kier alpha value is -3.36. The molecule has 0 bridgehead atoms. The Morgan fingerprint density at radius 2 is 2.22 bits per heavy atom. The molecule has 0 unspecified atom stereocenters. The number of nitrogens with zero attached hydrogens (tertiary/aromatic N) is 4. The minimum atomic E-state index is -1.29. The molecule has 4 rings (SSSR count). The van der Waals surface area contributed by atoms with E-state index in [0.29, 0.717) is 11.3 Å². The van der Waals surface area contributed by atoms with Gasteiger partial charge in [-0.05, 0) is 11.6 Å². The number of rotatable bonds is 6. The first-order valence-corrected chi connectivity index (χ1v) is 11.1. The van der Waals surface area contributed by atoms with E-state index < -0.39 is 34.9 Å². The number of thioether (sulfide) groups is 1. The topological polar surface area (TPSA) is 184 Å². The van der Waals surface area contributed by atoms with E-state index >= 15 is 0 Å². The lowest BCUT2D eigenvalue weighted by molar-refractivity contribution is -0.150. The molecule has 0 saturated carbocycles. The molecule has 2 aliphatic rings. The highest BCUT2D eigenvalue weighted by Gasteiger charge is 2.54. The molecule has 0 aliphatic carbocycles. The number of aromatic nitrogens is 2. The van der Waals surface area contributed by atoms with Gasteiger partial charge in [0, 0.05) is 17.2 Å². The number of nitrogens with two attached hydrogens (primary N) is 1. The van der Waals surface area contributed by atoms with Crippen LogP contribution in [-0.4, -0.2) is 66.0 Å². The minimum absolute atomic E-state index is 0.0542. The largest absolute Gasteiger partial charge is 0.477 e. The summed E-state index contributed by atoms with van der Waals surface area (Å²) in [5, 5.41) is 28.9. The lowest BCUT2D eigenvalue weighted by Crippen LogP contribution is -2.71. The number of nitrogens with one attached hydrogen (secondary N) is 1. The Morgan fingerprint density at radius 3 is 2.81 bits per heavy atom. The average Bonchev–Trinajstić information content (AvgIpc) is 3.38. The lowest BCUT2D eigenvalue weighted by atomic mass is 10.0. The van der Waals surface area contributed by atoms with Gasteiger partial charge >= 0.3 is 5.97 Å². The first-order valence-electron chi connectivity index (χ1n) is 8.76. The molecule has 1 fully saturated rings. The predicted octanol–water partition coefficient (Wildman–Crippen LogP) is 0.997. The van der Waals surface area contributed by atoms with Crippen molar-refractivity contribution in [2.75, 3.05) is 11.5 Å². The third-order valence-electron chi connectivity index (χ3n) is 4.52. The zero-order valence-electron chi connectivity index (χ0n) is 15.8. The number of oxime groups is 1. The number of amides is 2. The summed E-state index contributed by atoms with van der Waals surface area (Å²) in [5.74, 6) is -2.18. The molecule has 0 radical (unpaired) electrons. The summed E-state index contributed by atoms with van der Waals surface area (Å²) in [6.07, 6.45) is 3.00. The molecule has 12 nitrogen and oxygen atoms in total. The van der Waals surface area contributed by atoms with Gasteiger partial charge in [0.1, 0.15) is 22.8 Å². The van der Waals surface area contributed by atoms with Crippen molar-refractivity contribution in [3.8, 4) is 0 Å². The molecule has 1 saturated heterocycles. The van der Waals surface area contributed by atoms with E-state index in [1.165, 1.54) is 35.4 Å². The molecule has 5 N–H and O–H groups in total. The second-order valence-corrected chi connectivity index (χ2v) is 8.83. The van der Waals surface area contributed by atoms with Crippen molar-refractivity contribution in [3.63, 3.8) is 0 Å². The second-order valence-electron chi connectivity index (χ2n) is 6.44. The molecule has 166 valence electrons. The fourth-order valence-corrected chi connectivity index (χ4v) is 5.13. The molecular formula is C17H13ClN6O6S2. The Morgan fingerprint density at radius 1 is 1.44 bits per heavy atom. The number of thiazole rings is 1. The number of β-lactam (4-membered cyclic amide) rings is 1. The minimum Gasteiger partial charge on any atom is -0.477 e. The third kappa shape index (κ3) is 3.94. The van der Waals surface area contributed by atoms with Crippen LogP contribution >= 0.6 is 34.7 Å². The van der Waals surface area contributed by atoms with Crippen molar-refractivity contribution < 1.29 is 29.2 Å². The number of hydrogen-bond acceptors (Lipinski definition) is 11.